The first-order chi connectivity index (χ1) is 8.30. The van der Waals surface area contributed by atoms with Crippen LogP contribution in [0.25, 0.3) is 11.3 Å². The number of benzene rings is 1. The quantitative estimate of drug-likeness (QED) is 0.758. The summed E-state index contributed by atoms with van der Waals surface area (Å²) in [5.41, 5.74) is 2.82. The van der Waals surface area contributed by atoms with Crippen LogP contribution >= 0.6 is 0 Å². The number of aryl methyl sites for hydroxylation is 2. The van der Waals surface area contributed by atoms with Crippen LogP contribution in [-0.2, 0) is 13.2 Å². The maximum atomic E-state index is 12.5. The maximum Gasteiger partial charge on any atom is 0.416 e. The van der Waals surface area contributed by atoms with Crippen LogP contribution in [0.2, 0.25) is 0 Å². The number of aromatic nitrogens is 2. The molecule has 5 heteroatoms. The van der Waals surface area contributed by atoms with Crippen molar-refractivity contribution in [3.05, 3.63) is 41.1 Å². The van der Waals surface area contributed by atoms with Crippen LogP contribution in [0, 0.1) is 13.8 Å². The highest BCUT2D eigenvalue weighted by Crippen LogP contribution is 2.31. The molecule has 0 saturated heterocycles. The Bertz CT molecular complexity index is 565. The topological polar surface area (TPSA) is 17.8 Å². The van der Waals surface area contributed by atoms with Gasteiger partial charge in [-0.25, -0.2) is 0 Å². The molecule has 0 radical (unpaired) electrons. The third-order valence-corrected chi connectivity index (χ3v) is 3.01. The Morgan fingerprint density at radius 2 is 1.61 bits per heavy atom. The molecule has 1 aromatic heterocycles. The van der Waals surface area contributed by atoms with Crippen LogP contribution in [0.15, 0.2) is 24.3 Å². The lowest BCUT2D eigenvalue weighted by Gasteiger charge is -2.08. The standard InChI is InChI=1S/C13H13F3N2/c1-8-9(2)17-18(3)12(8)10-4-6-11(7-5-10)13(14,15)16/h4-7H,1-3H3. The summed E-state index contributed by atoms with van der Waals surface area (Å²) in [5, 5.41) is 4.25. The normalized spacial score (nSPS) is 11.9. The van der Waals surface area contributed by atoms with Crippen molar-refractivity contribution >= 4 is 0 Å². The van der Waals surface area contributed by atoms with Gasteiger partial charge in [0.25, 0.3) is 0 Å². The van der Waals surface area contributed by atoms with Gasteiger partial charge in [0.05, 0.1) is 17.0 Å². The summed E-state index contributed by atoms with van der Waals surface area (Å²) in [6, 6.07) is 5.15. The van der Waals surface area contributed by atoms with Crippen molar-refractivity contribution in [2.24, 2.45) is 7.05 Å². The Balaban J connectivity index is 2.47. The molecule has 0 aliphatic heterocycles. The second kappa shape index (κ2) is 4.15. The van der Waals surface area contributed by atoms with Crippen molar-refractivity contribution in [3.8, 4) is 11.3 Å². The fraction of sp³-hybridized carbons (Fsp3) is 0.308. The third kappa shape index (κ3) is 2.12. The predicted octanol–water partition coefficient (Wildman–Crippen LogP) is 3.72. The van der Waals surface area contributed by atoms with Gasteiger partial charge in [-0.05, 0) is 31.5 Å². The summed E-state index contributed by atoms with van der Waals surface area (Å²) in [5.74, 6) is 0. The molecule has 1 aromatic carbocycles. The van der Waals surface area contributed by atoms with E-state index < -0.39 is 11.7 Å². The zero-order valence-corrected chi connectivity index (χ0v) is 10.3. The summed E-state index contributed by atoms with van der Waals surface area (Å²) in [7, 11) is 1.78. The molecule has 2 rings (SSSR count). The average molecular weight is 254 g/mol. The van der Waals surface area contributed by atoms with Crippen LogP contribution in [0.3, 0.4) is 0 Å². The molecular formula is C13H13F3N2. The summed E-state index contributed by atoms with van der Waals surface area (Å²) in [6.45, 7) is 3.79. The zero-order valence-electron chi connectivity index (χ0n) is 10.3. The van der Waals surface area contributed by atoms with Gasteiger partial charge < -0.3 is 0 Å². The number of rotatable bonds is 1. The molecule has 18 heavy (non-hydrogen) atoms. The van der Waals surface area contributed by atoms with Gasteiger partial charge in [-0.1, -0.05) is 12.1 Å². The van der Waals surface area contributed by atoms with E-state index in [2.05, 4.69) is 5.10 Å². The van der Waals surface area contributed by atoms with Gasteiger partial charge in [-0.15, -0.1) is 0 Å². The van der Waals surface area contributed by atoms with Crippen molar-refractivity contribution in [2.45, 2.75) is 20.0 Å². The van der Waals surface area contributed by atoms with Gasteiger partial charge in [-0.3, -0.25) is 4.68 Å². The van der Waals surface area contributed by atoms with Crippen LogP contribution in [0.4, 0.5) is 13.2 Å². The van der Waals surface area contributed by atoms with Crippen LogP contribution in [-0.4, -0.2) is 9.78 Å². The maximum absolute atomic E-state index is 12.5. The number of hydrogen-bond donors (Lipinski definition) is 0. The van der Waals surface area contributed by atoms with Gasteiger partial charge in [0, 0.05) is 12.6 Å². The fourth-order valence-corrected chi connectivity index (χ4v) is 1.98. The second-order valence-electron chi connectivity index (χ2n) is 4.26. The molecule has 0 atom stereocenters. The van der Waals surface area contributed by atoms with Gasteiger partial charge in [0.1, 0.15) is 0 Å². The van der Waals surface area contributed by atoms with Crippen molar-refractivity contribution in [3.63, 3.8) is 0 Å². The number of halogens is 3. The van der Waals surface area contributed by atoms with Crippen molar-refractivity contribution < 1.29 is 13.2 Å². The summed E-state index contributed by atoms with van der Waals surface area (Å²) >= 11 is 0. The van der Waals surface area contributed by atoms with Crippen LogP contribution < -0.4 is 0 Å². The van der Waals surface area contributed by atoms with E-state index in [1.807, 2.05) is 13.8 Å². The van der Waals surface area contributed by atoms with E-state index in [1.165, 1.54) is 12.1 Å². The molecule has 0 fully saturated rings. The number of hydrogen-bond acceptors (Lipinski definition) is 1. The molecule has 0 amide bonds. The Morgan fingerprint density at radius 1 is 1.06 bits per heavy atom. The Kier molecular flexibility index (Phi) is 2.92. The Labute approximate surface area is 103 Å². The first-order valence-corrected chi connectivity index (χ1v) is 5.48. The monoisotopic (exact) mass is 254 g/mol. The fourth-order valence-electron chi connectivity index (χ4n) is 1.98. The molecular weight excluding hydrogens is 241 g/mol. The molecule has 0 N–H and O–H groups in total. The molecule has 0 aliphatic carbocycles. The summed E-state index contributed by atoms with van der Waals surface area (Å²) in [6.07, 6.45) is -4.30. The van der Waals surface area contributed by atoms with Gasteiger partial charge >= 0.3 is 6.18 Å². The Hall–Kier alpha value is -1.78. The van der Waals surface area contributed by atoms with Crippen molar-refractivity contribution in [1.29, 1.82) is 0 Å². The van der Waals surface area contributed by atoms with E-state index in [0.717, 1.165) is 34.6 Å². The smallest absolute Gasteiger partial charge is 0.267 e. The highest BCUT2D eigenvalue weighted by molar-refractivity contribution is 5.64. The van der Waals surface area contributed by atoms with Gasteiger partial charge in [0.2, 0.25) is 0 Å². The van der Waals surface area contributed by atoms with E-state index in [-0.39, 0.29) is 0 Å². The molecule has 0 unspecified atom stereocenters. The van der Waals surface area contributed by atoms with E-state index in [4.69, 9.17) is 0 Å². The lowest BCUT2D eigenvalue weighted by Crippen LogP contribution is -2.04. The first-order valence-electron chi connectivity index (χ1n) is 5.48. The second-order valence-corrected chi connectivity index (χ2v) is 4.26. The van der Waals surface area contributed by atoms with E-state index in [0.29, 0.717) is 0 Å². The summed E-state index contributed by atoms with van der Waals surface area (Å²) in [4.78, 5) is 0. The number of alkyl halides is 3. The zero-order chi connectivity index (χ0) is 13.5. The van der Waals surface area contributed by atoms with Gasteiger partial charge in [0.15, 0.2) is 0 Å². The highest BCUT2D eigenvalue weighted by atomic mass is 19.4. The minimum Gasteiger partial charge on any atom is -0.267 e. The molecule has 2 nitrogen and oxygen atoms in total. The third-order valence-electron chi connectivity index (χ3n) is 3.01. The molecule has 2 aromatic rings. The molecule has 96 valence electrons. The SMILES string of the molecule is Cc1nn(C)c(-c2ccc(C(F)(F)F)cc2)c1C. The Morgan fingerprint density at radius 3 is 2.00 bits per heavy atom. The lowest BCUT2D eigenvalue weighted by molar-refractivity contribution is -0.137. The van der Waals surface area contributed by atoms with E-state index >= 15 is 0 Å². The van der Waals surface area contributed by atoms with Crippen LogP contribution in [0.1, 0.15) is 16.8 Å². The highest BCUT2D eigenvalue weighted by Gasteiger charge is 2.30. The van der Waals surface area contributed by atoms with Gasteiger partial charge in [-0.2, -0.15) is 18.3 Å². The average Bonchev–Trinajstić information content (AvgIpc) is 2.52. The van der Waals surface area contributed by atoms with E-state index in [9.17, 15) is 13.2 Å². The minimum absolute atomic E-state index is 0.636. The van der Waals surface area contributed by atoms with Crippen molar-refractivity contribution in [1.82, 2.24) is 9.78 Å². The van der Waals surface area contributed by atoms with Crippen LogP contribution in [0.5, 0.6) is 0 Å². The first kappa shape index (κ1) is 12.7. The molecule has 0 saturated carbocycles. The lowest BCUT2D eigenvalue weighted by atomic mass is 10.0. The minimum atomic E-state index is -4.30. The largest absolute Gasteiger partial charge is 0.416 e. The predicted molar refractivity (Wildman–Crippen MR) is 63.1 cm³/mol. The summed E-state index contributed by atoms with van der Waals surface area (Å²) < 4.78 is 39.1. The van der Waals surface area contributed by atoms with E-state index in [1.54, 1.807) is 11.7 Å². The molecule has 0 spiro atoms. The molecule has 1 heterocycles. The molecule has 0 bridgehead atoms. The number of nitrogens with zero attached hydrogens (tertiary/aromatic N) is 2. The molecule has 0 aliphatic rings. The van der Waals surface area contributed by atoms with Crippen molar-refractivity contribution in [2.75, 3.05) is 0 Å².